The number of hydrogen-bond donors (Lipinski definition) is 0. The van der Waals surface area contributed by atoms with Crippen LogP contribution in [0.25, 0.3) is 72.4 Å². The quantitative estimate of drug-likeness (QED) is 0.173. The molecule has 0 atom stereocenters. The summed E-state index contributed by atoms with van der Waals surface area (Å²) in [6.07, 6.45) is 3.64. The Balaban J connectivity index is 0.00000288. The van der Waals surface area contributed by atoms with E-state index in [9.17, 15) is 0 Å². The first-order chi connectivity index (χ1) is 20.2. The zero-order valence-electron chi connectivity index (χ0n) is 22.6. The summed E-state index contributed by atoms with van der Waals surface area (Å²) in [4.78, 5) is 14.1. The van der Waals surface area contributed by atoms with E-state index in [0.29, 0.717) is 0 Å². The Kier molecular flexibility index (Phi) is 6.53. The Bertz CT molecular complexity index is 2220. The standard InChI is InChI=1S/C36H23N5.Pt/c1-40-34-14-3-2-13-32(34)39-36(40)26-15-17-28-29-22-25(31-12-5-7-20-38-31)16-18-33(29)41(35(28)23-26)27-10-8-9-24(21-27)30-11-4-6-19-37-30;/h2-20,22H,1H3;/q-2;+2. The molecule has 0 unspecified atom stereocenters. The molecule has 42 heavy (non-hydrogen) atoms. The number of hydrogen-bond acceptors (Lipinski definition) is 3. The number of imidazole rings is 1. The normalized spacial score (nSPS) is 11.3. The maximum Gasteiger partial charge on any atom is 2.00 e. The van der Waals surface area contributed by atoms with Gasteiger partial charge < -0.3 is 14.1 Å². The third kappa shape index (κ3) is 4.25. The number of aromatic nitrogens is 5. The van der Waals surface area contributed by atoms with Gasteiger partial charge in [0.25, 0.3) is 0 Å². The summed E-state index contributed by atoms with van der Waals surface area (Å²) in [6, 6.07) is 44.6. The van der Waals surface area contributed by atoms with Crippen molar-refractivity contribution in [3.05, 3.63) is 134 Å². The number of pyridine rings is 2. The molecule has 0 aliphatic heterocycles. The molecule has 4 aromatic heterocycles. The van der Waals surface area contributed by atoms with E-state index in [-0.39, 0.29) is 21.1 Å². The van der Waals surface area contributed by atoms with Crippen LogP contribution in [0.3, 0.4) is 0 Å². The van der Waals surface area contributed by atoms with E-state index >= 15 is 0 Å². The molecule has 0 aliphatic carbocycles. The SMILES string of the molecule is Cn1c(-c2[c-]c3c(cc2)c2cc(-c4ccccn4)ccc2n3-c2[c-]c(-c3ccccn3)ccc2)nc2ccccc21.[Pt+2]. The van der Waals surface area contributed by atoms with Crippen molar-refractivity contribution in [2.45, 2.75) is 0 Å². The minimum Gasteiger partial charge on any atom is -0.367 e. The molecule has 0 saturated carbocycles. The second kappa shape index (κ2) is 10.5. The number of para-hydroxylation sites is 2. The smallest absolute Gasteiger partial charge is 0.367 e. The van der Waals surface area contributed by atoms with Gasteiger partial charge in [-0.25, -0.2) is 0 Å². The van der Waals surface area contributed by atoms with Gasteiger partial charge in [-0.3, -0.25) is 9.97 Å². The maximum atomic E-state index is 4.95. The topological polar surface area (TPSA) is 48.5 Å². The van der Waals surface area contributed by atoms with Crippen LogP contribution in [0.2, 0.25) is 0 Å². The van der Waals surface area contributed by atoms with Crippen LogP contribution in [-0.4, -0.2) is 24.1 Å². The fraction of sp³-hybridized carbons (Fsp3) is 0.0278. The van der Waals surface area contributed by atoms with Crippen molar-refractivity contribution >= 4 is 32.8 Å². The summed E-state index contributed by atoms with van der Waals surface area (Å²) in [6.45, 7) is 0. The molecule has 0 bridgehead atoms. The molecule has 8 rings (SSSR count). The first-order valence-corrected chi connectivity index (χ1v) is 13.5. The summed E-state index contributed by atoms with van der Waals surface area (Å²) < 4.78 is 4.37. The molecule has 0 radical (unpaired) electrons. The molecule has 5 nitrogen and oxygen atoms in total. The van der Waals surface area contributed by atoms with E-state index in [1.807, 2.05) is 73.1 Å². The average molecular weight is 721 g/mol. The zero-order valence-corrected chi connectivity index (χ0v) is 24.9. The van der Waals surface area contributed by atoms with Crippen molar-refractivity contribution in [3.63, 3.8) is 0 Å². The van der Waals surface area contributed by atoms with Gasteiger partial charge in [-0.2, -0.15) is 0 Å². The van der Waals surface area contributed by atoms with Gasteiger partial charge in [0.1, 0.15) is 0 Å². The molecule has 0 aliphatic rings. The Hall–Kier alpha value is -4.86. The van der Waals surface area contributed by atoms with Crippen molar-refractivity contribution in [2.24, 2.45) is 7.05 Å². The van der Waals surface area contributed by atoms with Gasteiger partial charge in [-0.1, -0.05) is 47.9 Å². The minimum absolute atomic E-state index is 0. The van der Waals surface area contributed by atoms with E-state index in [2.05, 4.69) is 86.8 Å². The largest absolute Gasteiger partial charge is 2.00 e. The molecule has 0 N–H and O–H groups in total. The molecule has 202 valence electrons. The number of fused-ring (bicyclic) bond motifs is 4. The van der Waals surface area contributed by atoms with E-state index in [0.717, 1.165) is 72.4 Å². The third-order valence-corrected chi connectivity index (χ3v) is 7.63. The fourth-order valence-electron chi connectivity index (χ4n) is 5.66. The van der Waals surface area contributed by atoms with Crippen LogP contribution in [0, 0.1) is 12.1 Å². The van der Waals surface area contributed by atoms with Crippen LogP contribution in [0.4, 0.5) is 0 Å². The molecule has 0 saturated heterocycles. The van der Waals surface area contributed by atoms with Gasteiger partial charge in [0.05, 0.1) is 22.6 Å². The van der Waals surface area contributed by atoms with E-state index < -0.39 is 0 Å². The monoisotopic (exact) mass is 720 g/mol. The molecular weight excluding hydrogens is 698 g/mol. The molecule has 4 heterocycles. The molecule has 6 heteroatoms. The van der Waals surface area contributed by atoms with E-state index in [4.69, 9.17) is 4.98 Å². The number of aryl methyl sites for hydroxylation is 1. The Labute approximate surface area is 257 Å². The van der Waals surface area contributed by atoms with Crippen molar-refractivity contribution < 1.29 is 21.1 Å². The molecule has 0 spiro atoms. The van der Waals surface area contributed by atoms with E-state index in [1.54, 1.807) is 0 Å². The Morgan fingerprint density at radius 2 is 1.40 bits per heavy atom. The van der Waals surface area contributed by atoms with Gasteiger partial charge in [0.15, 0.2) is 0 Å². The third-order valence-electron chi connectivity index (χ3n) is 7.63. The van der Waals surface area contributed by atoms with Gasteiger partial charge >= 0.3 is 21.1 Å². The maximum absolute atomic E-state index is 4.95. The predicted octanol–water partition coefficient (Wildman–Crippen LogP) is 8.06. The van der Waals surface area contributed by atoms with Crippen LogP contribution < -0.4 is 0 Å². The molecule has 8 aromatic rings. The number of benzene rings is 4. The second-order valence-electron chi connectivity index (χ2n) is 10.1. The summed E-state index contributed by atoms with van der Waals surface area (Å²) in [5.41, 5.74) is 9.81. The van der Waals surface area contributed by atoms with Crippen LogP contribution in [-0.2, 0) is 28.1 Å². The summed E-state index contributed by atoms with van der Waals surface area (Å²) in [5.74, 6) is 0.880. The van der Waals surface area contributed by atoms with Gasteiger partial charge in [0, 0.05) is 30.5 Å². The first-order valence-electron chi connectivity index (χ1n) is 13.5. The first kappa shape index (κ1) is 26.1. The van der Waals surface area contributed by atoms with Crippen LogP contribution in [0.15, 0.2) is 122 Å². The van der Waals surface area contributed by atoms with E-state index in [1.165, 1.54) is 0 Å². The van der Waals surface area contributed by atoms with Crippen molar-refractivity contribution in [1.82, 2.24) is 24.1 Å². The molecule has 0 fully saturated rings. The summed E-state index contributed by atoms with van der Waals surface area (Å²) in [7, 11) is 2.06. The van der Waals surface area contributed by atoms with Crippen LogP contribution in [0.1, 0.15) is 0 Å². The van der Waals surface area contributed by atoms with Crippen molar-refractivity contribution in [2.75, 3.05) is 0 Å². The summed E-state index contributed by atoms with van der Waals surface area (Å²) in [5, 5.41) is 2.24. The van der Waals surface area contributed by atoms with Crippen LogP contribution >= 0.6 is 0 Å². The zero-order chi connectivity index (χ0) is 27.3. The average Bonchev–Trinajstić information content (AvgIpc) is 3.56. The molecule has 0 amide bonds. The van der Waals surface area contributed by atoms with Gasteiger partial charge in [-0.05, 0) is 58.7 Å². The Morgan fingerprint density at radius 1 is 0.619 bits per heavy atom. The number of nitrogens with zero attached hydrogens (tertiary/aromatic N) is 5. The number of rotatable bonds is 4. The van der Waals surface area contributed by atoms with Crippen LogP contribution in [0.5, 0.6) is 0 Å². The minimum atomic E-state index is 0. The van der Waals surface area contributed by atoms with Gasteiger partial charge in [-0.15, -0.1) is 53.6 Å². The van der Waals surface area contributed by atoms with Crippen molar-refractivity contribution in [1.29, 1.82) is 0 Å². The van der Waals surface area contributed by atoms with Crippen molar-refractivity contribution in [3.8, 4) is 39.6 Å². The molecule has 4 aromatic carbocycles. The molecular formula is C36H23N5Pt. The Morgan fingerprint density at radius 3 is 2.19 bits per heavy atom. The second-order valence-corrected chi connectivity index (χ2v) is 10.1. The van der Waals surface area contributed by atoms with Gasteiger partial charge in [0.2, 0.25) is 0 Å². The fourth-order valence-corrected chi connectivity index (χ4v) is 5.66. The summed E-state index contributed by atoms with van der Waals surface area (Å²) >= 11 is 0. The predicted molar refractivity (Wildman–Crippen MR) is 165 cm³/mol.